The number of ether oxygens (including phenoxy) is 4. The van der Waals surface area contributed by atoms with Gasteiger partial charge in [-0.05, 0) is 55.0 Å². The fourth-order valence-corrected chi connectivity index (χ4v) is 4.82. The van der Waals surface area contributed by atoms with E-state index in [2.05, 4.69) is 4.90 Å². The van der Waals surface area contributed by atoms with Crippen molar-refractivity contribution < 1.29 is 23.3 Å². The minimum atomic E-state index is -0.204. The second kappa shape index (κ2) is 10.8. The Morgan fingerprint density at radius 3 is 2.45 bits per heavy atom. The zero-order valence-corrected chi connectivity index (χ0v) is 18.3. The van der Waals surface area contributed by atoms with Gasteiger partial charge in [-0.1, -0.05) is 21.1 Å². The lowest BCUT2D eigenvalue weighted by Gasteiger charge is -2.27. The Bertz CT molecular complexity index is 812. The third-order valence-electron chi connectivity index (χ3n) is 4.98. The molecule has 0 radical (unpaired) electrons. The average molecular weight is 421 g/mol. The highest BCUT2D eigenvalue weighted by atomic mass is 31.1. The highest BCUT2D eigenvalue weighted by Crippen LogP contribution is 2.34. The number of hydrogen-bond acceptors (Lipinski definition) is 5. The second-order valence-corrected chi connectivity index (χ2v) is 8.35. The molecule has 1 saturated heterocycles. The highest BCUT2D eigenvalue weighted by molar-refractivity contribution is 7.55. The molecule has 0 aliphatic carbocycles. The first-order valence-corrected chi connectivity index (χ1v) is 10.8. The summed E-state index contributed by atoms with van der Waals surface area (Å²) in [6.45, 7) is 3.00. The molecule has 1 atom stereocenters. The van der Waals surface area contributed by atoms with Crippen LogP contribution in [0.15, 0.2) is 30.3 Å². The van der Waals surface area contributed by atoms with Gasteiger partial charge in [-0.25, -0.2) is 4.39 Å². The number of hydrogen-bond donors (Lipinski definition) is 0. The third kappa shape index (κ3) is 5.81. The van der Waals surface area contributed by atoms with E-state index in [1.165, 1.54) is 25.3 Å². The van der Waals surface area contributed by atoms with Crippen LogP contribution < -0.4 is 24.8 Å². The number of halogens is 1. The molecule has 1 heterocycles. The molecule has 1 fully saturated rings. The van der Waals surface area contributed by atoms with Crippen molar-refractivity contribution >= 4 is 19.2 Å². The Hall–Kier alpha value is -1.88. The molecule has 0 amide bonds. The minimum Gasteiger partial charge on any atom is -0.497 e. The van der Waals surface area contributed by atoms with Crippen LogP contribution in [0.25, 0.3) is 0 Å². The van der Waals surface area contributed by atoms with Crippen molar-refractivity contribution in [1.82, 2.24) is 4.90 Å². The van der Waals surface area contributed by atoms with Crippen molar-refractivity contribution in [2.75, 3.05) is 41.2 Å². The lowest BCUT2D eigenvalue weighted by atomic mass is 10.1. The molecule has 5 nitrogen and oxygen atoms in total. The maximum Gasteiger partial charge on any atom is 0.188 e. The predicted octanol–water partition coefficient (Wildman–Crippen LogP) is 3.44. The van der Waals surface area contributed by atoms with Crippen LogP contribution in [0.1, 0.15) is 24.8 Å². The van der Waals surface area contributed by atoms with Crippen LogP contribution in [0, 0.1) is 5.82 Å². The van der Waals surface area contributed by atoms with Crippen molar-refractivity contribution in [3.8, 4) is 17.2 Å². The normalized spacial score (nSPS) is 15.0. The van der Waals surface area contributed by atoms with Crippen LogP contribution in [0.3, 0.4) is 0 Å². The van der Waals surface area contributed by atoms with Crippen LogP contribution >= 0.6 is 8.58 Å². The molecule has 1 unspecified atom stereocenters. The van der Waals surface area contributed by atoms with Gasteiger partial charge in [-0.2, -0.15) is 0 Å². The van der Waals surface area contributed by atoms with Gasteiger partial charge in [0, 0.05) is 25.0 Å². The summed E-state index contributed by atoms with van der Waals surface area (Å²) in [5.41, 5.74) is 1.02. The number of piperidine rings is 1. The first kappa shape index (κ1) is 21.8. The Morgan fingerprint density at radius 2 is 1.76 bits per heavy atom. The molecular formula is C22H29FNO4P. The lowest BCUT2D eigenvalue weighted by molar-refractivity contribution is 0.0499. The zero-order valence-electron chi connectivity index (χ0n) is 17.3. The molecule has 0 aromatic heterocycles. The molecule has 29 heavy (non-hydrogen) atoms. The van der Waals surface area contributed by atoms with Crippen molar-refractivity contribution in [2.24, 2.45) is 0 Å². The molecule has 1 aliphatic heterocycles. The third-order valence-corrected chi connectivity index (χ3v) is 6.38. The first-order chi connectivity index (χ1) is 14.1. The summed E-state index contributed by atoms with van der Waals surface area (Å²) in [4.78, 5) is 2.40. The topological polar surface area (TPSA) is 40.2 Å². The van der Waals surface area contributed by atoms with Gasteiger partial charge in [0.05, 0.1) is 14.2 Å². The second-order valence-electron chi connectivity index (χ2n) is 7.02. The standard InChI is InChI=1S/C22H29FNO4P/c1-25-15-28-22-19(27-3)12-18(26-2)13-21(22)29-20-8-7-17(23)11-16(20)14-24-9-5-4-6-10-24/h7-8,11-13,29H,4-6,9-10,14-15H2,1-3H3. The lowest BCUT2D eigenvalue weighted by Crippen LogP contribution is -2.31. The largest absolute Gasteiger partial charge is 0.497 e. The van der Waals surface area contributed by atoms with E-state index in [4.69, 9.17) is 18.9 Å². The van der Waals surface area contributed by atoms with Gasteiger partial charge in [0.25, 0.3) is 0 Å². The fourth-order valence-electron chi connectivity index (χ4n) is 3.52. The van der Waals surface area contributed by atoms with E-state index in [1.807, 2.05) is 12.1 Å². The van der Waals surface area contributed by atoms with Gasteiger partial charge >= 0.3 is 0 Å². The van der Waals surface area contributed by atoms with Gasteiger partial charge in [0.1, 0.15) is 11.6 Å². The van der Waals surface area contributed by atoms with Gasteiger partial charge in [-0.15, -0.1) is 0 Å². The molecule has 2 aromatic rings. The number of benzene rings is 2. The van der Waals surface area contributed by atoms with Crippen LogP contribution in [0.5, 0.6) is 17.2 Å². The van der Waals surface area contributed by atoms with Crippen LogP contribution in [-0.2, 0) is 11.3 Å². The number of likely N-dealkylation sites (tertiary alicyclic amines) is 1. The fraction of sp³-hybridized carbons (Fsp3) is 0.455. The van der Waals surface area contributed by atoms with Crippen molar-refractivity contribution in [2.45, 2.75) is 25.8 Å². The summed E-state index contributed by atoms with van der Waals surface area (Å²) in [7, 11) is 5.07. The van der Waals surface area contributed by atoms with Crippen molar-refractivity contribution in [3.63, 3.8) is 0 Å². The van der Waals surface area contributed by atoms with Gasteiger partial charge < -0.3 is 18.9 Å². The van der Waals surface area contributed by atoms with Crippen LogP contribution in [0.4, 0.5) is 4.39 Å². The minimum absolute atomic E-state index is 0.115. The Labute approximate surface area is 173 Å². The molecule has 2 aromatic carbocycles. The molecule has 0 saturated carbocycles. The summed E-state index contributed by atoms with van der Waals surface area (Å²) in [5, 5.41) is 2.03. The smallest absolute Gasteiger partial charge is 0.188 e. The molecule has 1 aliphatic rings. The van der Waals surface area contributed by atoms with Crippen LogP contribution in [-0.4, -0.2) is 46.1 Å². The maximum absolute atomic E-state index is 14.0. The van der Waals surface area contributed by atoms with E-state index in [1.54, 1.807) is 33.5 Å². The summed E-state index contributed by atoms with van der Waals surface area (Å²) in [6.07, 6.45) is 3.68. The summed E-state index contributed by atoms with van der Waals surface area (Å²) < 4.78 is 35.9. The molecule has 0 N–H and O–H groups in total. The Morgan fingerprint density at radius 1 is 0.966 bits per heavy atom. The molecular weight excluding hydrogens is 392 g/mol. The Kier molecular flexibility index (Phi) is 8.10. The number of nitrogens with zero attached hydrogens (tertiary/aromatic N) is 1. The molecule has 3 rings (SSSR count). The number of rotatable bonds is 9. The van der Waals surface area contributed by atoms with Crippen molar-refractivity contribution in [1.29, 1.82) is 0 Å². The number of methoxy groups -OCH3 is 3. The highest BCUT2D eigenvalue weighted by Gasteiger charge is 2.18. The van der Waals surface area contributed by atoms with Crippen LogP contribution in [0.2, 0.25) is 0 Å². The van der Waals surface area contributed by atoms with E-state index in [0.29, 0.717) is 17.2 Å². The predicted molar refractivity (Wildman–Crippen MR) is 115 cm³/mol. The summed E-state index contributed by atoms with van der Waals surface area (Å²) in [5.74, 6) is 1.70. The average Bonchev–Trinajstić information content (AvgIpc) is 2.74. The van der Waals surface area contributed by atoms with Gasteiger partial charge in [0.15, 0.2) is 18.3 Å². The van der Waals surface area contributed by atoms with E-state index >= 15 is 0 Å². The van der Waals surface area contributed by atoms with E-state index < -0.39 is 0 Å². The zero-order chi connectivity index (χ0) is 20.6. The van der Waals surface area contributed by atoms with Gasteiger partial charge in [0.2, 0.25) is 0 Å². The summed E-state index contributed by atoms with van der Waals surface area (Å²) in [6, 6.07) is 8.79. The molecule has 0 bridgehead atoms. The SMILES string of the molecule is COCOc1c(OC)cc(OC)cc1Pc1ccc(F)cc1CN1CCCCC1. The van der Waals surface area contributed by atoms with Crippen molar-refractivity contribution in [3.05, 3.63) is 41.7 Å². The van der Waals surface area contributed by atoms with E-state index in [-0.39, 0.29) is 21.2 Å². The Balaban J connectivity index is 1.93. The molecule has 158 valence electrons. The molecule has 0 spiro atoms. The summed E-state index contributed by atoms with van der Waals surface area (Å²) >= 11 is 0. The van der Waals surface area contributed by atoms with Gasteiger partial charge in [-0.3, -0.25) is 4.90 Å². The molecule has 7 heteroatoms. The monoisotopic (exact) mass is 421 g/mol. The van der Waals surface area contributed by atoms with E-state index in [0.717, 1.165) is 35.8 Å². The maximum atomic E-state index is 14.0. The van der Waals surface area contributed by atoms with E-state index in [9.17, 15) is 4.39 Å². The first-order valence-electron chi connectivity index (χ1n) is 9.80. The quantitative estimate of drug-likeness (QED) is 0.458.